The molecule has 0 bridgehead atoms. The van der Waals surface area contributed by atoms with Crippen LogP contribution in [-0.2, 0) is 19.1 Å². The third-order valence-corrected chi connectivity index (χ3v) is 2.31. The number of aliphatic carboxylic acids is 1. The zero-order valence-corrected chi connectivity index (χ0v) is 8.73. The number of carbonyl (C=O) groups excluding carboxylic acids is 1. The number of carboxylic acid groups (broad SMARTS) is 1. The van der Waals surface area contributed by atoms with Crippen molar-refractivity contribution in [2.45, 2.75) is 12.5 Å². The summed E-state index contributed by atoms with van der Waals surface area (Å²) >= 11 is 0. The molecule has 0 aromatic rings. The minimum atomic E-state index is -1.23. The van der Waals surface area contributed by atoms with Crippen molar-refractivity contribution in [1.29, 1.82) is 0 Å². The third-order valence-electron chi connectivity index (χ3n) is 2.31. The molecule has 0 heterocycles. The summed E-state index contributed by atoms with van der Waals surface area (Å²) in [7, 11) is 2.66. The lowest BCUT2D eigenvalue weighted by Crippen LogP contribution is -2.38. The fourth-order valence-electron chi connectivity index (χ4n) is 1.25. The van der Waals surface area contributed by atoms with E-state index in [4.69, 9.17) is 14.6 Å². The molecule has 1 aliphatic rings. The van der Waals surface area contributed by atoms with Gasteiger partial charge >= 0.3 is 5.97 Å². The minimum Gasteiger partial charge on any atom is -0.496 e. The van der Waals surface area contributed by atoms with E-state index in [2.05, 4.69) is 0 Å². The number of methoxy groups -OCH3 is 2. The van der Waals surface area contributed by atoms with Crippen LogP contribution in [0.5, 0.6) is 0 Å². The summed E-state index contributed by atoms with van der Waals surface area (Å²) in [6, 6.07) is 0. The second-order valence-corrected chi connectivity index (χ2v) is 3.25. The van der Waals surface area contributed by atoms with Crippen molar-refractivity contribution < 1.29 is 24.2 Å². The first-order valence-electron chi connectivity index (χ1n) is 4.26. The highest BCUT2D eigenvalue weighted by Crippen LogP contribution is 2.26. The van der Waals surface area contributed by atoms with Gasteiger partial charge in [-0.2, -0.15) is 0 Å². The molecule has 5 heteroatoms. The van der Waals surface area contributed by atoms with Crippen LogP contribution in [0.4, 0.5) is 0 Å². The summed E-state index contributed by atoms with van der Waals surface area (Å²) in [4.78, 5) is 22.4. The fourth-order valence-corrected chi connectivity index (χ4v) is 1.25. The van der Waals surface area contributed by atoms with Crippen molar-refractivity contribution in [3.05, 3.63) is 23.5 Å². The molecule has 15 heavy (non-hydrogen) atoms. The lowest BCUT2D eigenvalue weighted by Gasteiger charge is -2.26. The molecule has 1 N–H and O–H groups in total. The standard InChI is InChI=1S/C10H12O5/c1-10(15-3)5-6(9(12)13)7(14-2)4-8(10)11/h4-5H,1-3H3,(H,12,13). The van der Waals surface area contributed by atoms with Crippen LogP contribution in [-0.4, -0.2) is 36.7 Å². The molecule has 1 atom stereocenters. The van der Waals surface area contributed by atoms with Gasteiger partial charge in [0.15, 0.2) is 5.78 Å². The number of ketones is 1. The topological polar surface area (TPSA) is 72.8 Å². The summed E-state index contributed by atoms with van der Waals surface area (Å²) in [5.74, 6) is -1.45. The second-order valence-electron chi connectivity index (χ2n) is 3.25. The zero-order valence-electron chi connectivity index (χ0n) is 8.73. The van der Waals surface area contributed by atoms with Crippen LogP contribution in [0.15, 0.2) is 23.5 Å². The number of carbonyl (C=O) groups is 2. The molecular formula is C10H12O5. The lowest BCUT2D eigenvalue weighted by molar-refractivity contribution is -0.133. The van der Waals surface area contributed by atoms with Gasteiger partial charge in [0.25, 0.3) is 0 Å². The molecule has 0 amide bonds. The van der Waals surface area contributed by atoms with Crippen LogP contribution in [0.3, 0.4) is 0 Å². The Morgan fingerprint density at radius 3 is 2.47 bits per heavy atom. The molecule has 0 aromatic carbocycles. The summed E-state index contributed by atoms with van der Waals surface area (Å²) in [5, 5.41) is 8.90. The van der Waals surface area contributed by atoms with Crippen molar-refractivity contribution in [3.8, 4) is 0 Å². The van der Waals surface area contributed by atoms with Crippen molar-refractivity contribution >= 4 is 11.8 Å². The first kappa shape index (κ1) is 11.5. The predicted octanol–water partition coefficient (Wildman–Crippen LogP) is 0.516. The Bertz CT molecular complexity index is 366. The van der Waals surface area contributed by atoms with Crippen molar-refractivity contribution in [1.82, 2.24) is 0 Å². The van der Waals surface area contributed by atoms with Gasteiger partial charge in [0, 0.05) is 13.2 Å². The number of hydrogen-bond donors (Lipinski definition) is 1. The molecule has 0 saturated carbocycles. The van der Waals surface area contributed by atoms with Gasteiger partial charge in [0.2, 0.25) is 0 Å². The highest BCUT2D eigenvalue weighted by atomic mass is 16.5. The van der Waals surface area contributed by atoms with Gasteiger partial charge in [-0.15, -0.1) is 0 Å². The van der Waals surface area contributed by atoms with E-state index in [0.29, 0.717) is 0 Å². The van der Waals surface area contributed by atoms with Gasteiger partial charge in [-0.25, -0.2) is 4.79 Å². The van der Waals surface area contributed by atoms with E-state index in [1.807, 2.05) is 0 Å². The van der Waals surface area contributed by atoms with E-state index in [-0.39, 0.29) is 17.1 Å². The Labute approximate surface area is 87.0 Å². The van der Waals surface area contributed by atoms with Crippen molar-refractivity contribution in [2.75, 3.05) is 14.2 Å². The van der Waals surface area contributed by atoms with E-state index < -0.39 is 11.6 Å². The second kappa shape index (κ2) is 3.86. The molecule has 0 aromatic heterocycles. The normalized spacial score (nSPS) is 25.7. The highest BCUT2D eigenvalue weighted by Gasteiger charge is 2.36. The summed E-state index contributed by atoms with van der Waals surface area (Å²) < 4.78 is 9.78. The van der Waals surface area contributed by atoms with Gasteiger partial charge in [0.1, 0.15) is 16.9 Å². The van der Waals surface area contributed by atoms with Crippen molar-refractivity contribution in [3.63, 3.8) is 0 Å². The largest absolute Gasteiger partial charge is 0.496 e. The Balaban J connectivity index is 3.22. The van der Waals surface area contributed by atoms with Crippen LogP contribution in [0.2, 0.25) is 0 Å². The van der Waals surface area contributed by atoms with Crippen LogP contribution >= 0.6 is 0 Å². The molecule has 1 rings (SSSR count). The molecule has 5 nitrogen and oxygen atoms in total. The van der Waals surface area contributed by atoms with Gasteiger partial charge < -0.3 is 14.6 Å². The number of hydrogen-bond acceptors (Lipinski definition) is 4. The third kappa shape index (κ3) is 1.92. The molecule has 0 radical (unpaired) electrons. The number of rotatable bonds is 3. The molecule has 0 spiro atoms. The molecule has 82 valence electrons. The average molecular weight is 212 g/mol. The van der Waals surface area contributed by atoms with Gasteiger partial charge in [0.05, 0.1) is 7.11 Å². The minimum absolute atomic E-state index is 0.0435. The molecule has 1 aliphatic carbocycles. The van der Waals surface area contributed by atoms with Crippen LogP contribution < -0.4 is 0 Å². The smallest absolute Gasteiger partial charge is 0.339 e. The van der Waals surface area contributed by atoms with E-state index in [0.717, 1.165) is 6.08 Å². The van der Waals surface area contributed by atoms with Crippen LogP contribution in [0.25, 0.3) is 0 Å². The van der Waals surface area contributed by atoms with Gasteiger partial charge in [-0.1, -0.05) is 0 Å². The SMILES string of the molecule is COC1=CC(=O)C(C)(OC)C=C1C(=O)O. The van der Waals surface area contributed by atoms with E-state index in [1.165, 1.54) is 27.2 Å². The Morgan fingerprint density at radius 1 is 1.47 bits per heavy atom. The van der Waals surface area contributed by atoms with E-state index in [9.17, 15) is 9.59 Å². The first-order valence-corrected chi connectivity index (χ1v) is 4.26. The molecule has 0 saturated heterocycles. The van der Waals surface area contributed by atoms with Crippen molar-refractivity contribution in [2.24, 2.45) is 0 Å². The fraction of sp³-hybridized carbons (Fsp3) is 0.400. The van der Waals surface area contributed by atoms with Crippen LogP contribution in [0.1, 0.15) is 6.92 Å². The average Bonchev–Trinajstić information content (AvgIpc) is 2.21. The van der Waals surface area contributed by atoms with E-state index >= 15 is 0 Å². The predicted molar refractivity (Wildman–Crippen MR) is 51.2 cm³/mol. The Kier molecular flexibility index (Phi) is 2.95. The van der Waals surface area contributed by atoms with Gasteiger partial charge in [-0.3, -0.25) is 4.79 Å². The highest BCUT2D eigenvalue weighted by molar-refractivity contribution is 6.05. The quantitative estimate of drug-likeness (QED) is 0.738. The molecule has 1 unspecified atom stereocenters. The maximum Gasteiger partial charge on any atom is 0.339 e. The Hall–Kier alpha value is -1.62. The van der Waals surface area contributed by atoms with Gasteiger partial charge in [-0.05, 0) is 13.0 Å². The lowest BCUT2D eigenvalue weighted by atomic mass is 9.90. The molecule has 0 aliphatic heterocycles. The Morgan fingerprint density at radius 2 is 2.07 bits per heavy atom. The summed E-state index contributed by atoms with van der Waals surface area (Å²) in [6.45, 7) is 1.50. The number of carboxylic acids is 1. The van der Waals surface area contributed by atoms with E-state index in [1.54, 1.807) is 0 Å². The summed E-state index contributed by atoms with van der Waals surface area (Å²) in [5.41, 5.74) is -1.29. The monoisotopic (exact) mass is 212 g/mol. The summed E-state index contributed by atoms with van der Waals surface area (Å²) in [6.07, 6.45) is 2.38. The first-order chi connectivity index (χ1) is 6.94. The van der Waals surface area contributed by atoms with Crippen LogP contribution in [0, 0.1) is 0 Å². The maximum absolute atomic E-state index is 11.6. The zero-order chi connectivity index (χ0) is 11.6. The maximum atomic E-state index is 11.6. The number of ether oxygens (including phenoxy) is 2. The molecule has 0 fully saturated rings. The molecular weight excluding hydrogens is 200 g/mol.